The fraction of sp³-hybridized carbons (Fsp3) is 0.923. The lowest BCUT2D eigenvalue weighted by Crippen LogP contribution is -2.37. The largest absolute Gasteiger partial charge is 0.444 e. The first-order valence-corrected chi connectivity index (χ1v) is 6.36. The maximum Gasteiger partial charge on any atom is 0.410 e. The van der Waals surface area contributed by atoms with Gasteiger partial charge < -0.3 is 14.7 Å². The Bertz CT molecular complexity index is 323. The highest BCUT2D eigenvalue weighted by Gasteiger charge is 2.51. The predicted molar refractivity (Wildman–Crippen MR) is 64.6 cm³/mol. The Morgan fingerprint density at radius 2 is 2.12 bits per heavy atom. The molecule has 98 valence electrons. The van der Waals surface area contributed by atoms with E-state index in [4.69, 9.17) is 4.74 Å². The van der Waals surface area contributed by atoms with Crippen LogP contribution >= 0.6 is 0 Å². The lowest BCUT2D eigenvalue weighted by molar-refractivity contribution is 0.0255. The lowest BCUT2D eigenvalue weighted by atomic mass is 9.83. The van der Waals surface area contributed by atoms with Crippen LogP contribution in [-0.2, 0) is 4.74 Å². The summed E-state index contributed by atoms with van der Waals surface area (Å²) in [6, 6.07) is 0. The fourth-order valence-electron chi connectivity index (χ4n) is 3.12. The zero-order chi connectivity index (χ0) is 12.8. The molecule has 2 fully saturated rings. The number of rotatable bonds is 0. The van der Waals surface area contributed by atoms with Gasteiger partial charge in [0.1, 0.15) is 5.60 Å². The van der Waals surface area contributed by atoms with Crippen LogP contribution in [-0.4, -0.2) is 40.9 Å². The van der Waals surface area contributed by atoms with E-state index in [0.29, 0.717) is 12.5 Å². The molecule has 2 rings (SSSR count). The van der Waals surface area contributed by atoms with Gasteiger partial charge in [0.05, 0.1) is 6.10 Å². The normalized spacial score (nSPS) is 37.1. The van der Waals surface area contributed by atoms with E-state index in [9.17, 15) is 9.90 Å². The molecule has 0 spiro atoms. The van der Waals surface area contributed by atoms with Gasteiger partial charge in [-0.3, -0.25) is 0 Å². The Labute approximate surface area is 103 Å². The molecule has 1 aliphatic heterocycles. The molecule has 0 bridgehead atoms. The number of fused-ring (bicyclic) bond motifs is 1. The maximum atomic E-state index is 12.0. The summed E-state index contributed by atoms with van der Waals surface area (Å²) in [5.74, 6) is 0.421. The van der Waals surface area contributed by atoms with Gasteiger partial charge >= 0.3 is 6.09 Å². The van der Waals surface area contributed by atoms with Crippen molar-refractivity contribution in [3.8, 4) is 0 Å². The van der Waals surface area contributed by atoms with Crippen molar-refractivity contribution in [3.05, 3.63) is 0 Å². The zero-order valence-electron chi connectivity index (χ0n) is 11.2. The molecule has 0 radical (unpaired) electrons. The standard InChI is InChI=1S/C13H23NO3/c1-12(2,3)17-11(16)14-7-9-5-10(15)6-13(9,4)8-14/h9-10,15H,5-8H2,1-4H3/t9-,10?,13+/m1/s1. The second-order valence-corrected chi connectivity index (χ2v) is 6.81. The van der Waals surface area contributed by atoms with Crippen LogP contribution in [0.4, 0.5) is 4.79 Å². The molecule has 0 aromatic carbocycles. The lowest BCUT2D eigenvalue weighted by Gasteiger charge is -2.26. The average molecular weight is 241 g/mol. The number of aliphatic hydroxyl groups excluding tert-OH is 1. The van der Waals surface area contributed by atoms with Gasteiger partial charge in [-0.25, -0.2) is 4.79 Å². The molecule has 1 N–H and O–H groups in total. The fourth-order valence-corrected chi connectivity index (χ4v) is 3.12. The van der Waals surface area contributed by atoms with Crippen LogP contribution in [0, 0.1) is 11.3 Å². The number of hydrogen-bond acceptors (Lipinski definition) is 3. The molecule has 1 saturated carbocycles. The molecule has 4 nitrogen and oxygen atoms in total. The number of hydrogen-bond donors (Lipinski definition) is 1. The van der Waals surface area contributed by atoms with Crippen molar-refractivity contribution in [2.75, 3.05) is 13.1 Å². The summed E-state index contributed by atoms with van der Waals surface area (Å²) in [5, 5.41) is 9.68. The Hall–Kier alpha value is -0.770. The molecule has 1 saturated heterocycles. The molecule has 0 aromatic heterocycles. The minimum absolute atomic E-state index is 0.0797. The summed E-state index contributed by atoms with van der Waals surface area (Å²) in [7, 11) is 0. The molecular weight excluding hydrogens is 218 g/mol. The van der Waals surface area contributed by atoms with Crippen molar-refractivity contribution in [1.29, 1.82) is 0 Å². The van der Waals surface area contributed by atoms with Gasteiger partial charge in [0.15, 0.2) is 0 Å². The van der Waals surface area contributed by atoms with Crippen molar-refractivity contribution in [2.24, 2.45) is 11.3 Å². The number of aliphatic hydroxyl groups is 1. The Morgan fingerprint density at radius 3 is 2.65 bits per heavy atom. The van der Waals surface area contributed by atoms with Crippen molar-refractivity contribution in [2.45, 2.75) is 52.2 Å². The van der Waals surface area contributed by atoms with E-state index < -0.39 is 5.60 Å². The van der Waals surface area contributed by atoms with Gasteiger partial charge in [0, 0.05) is 13.1 Å². The van der Waals surface area contributed by atoms with E-state index in [1.165, 1.54) is 0 Å². The van der Waals surface area contributed by atoms with E-state index in [1.54, 1.807) is 4.90 Å². The number of ether oxygens (including phenoxy) is 1. The van der Waals surface area contributed by atoms with Gasteiger partial charge in [-0.15, -0.1) is 0 Å². The number of likely N-dealkylation sites (tertiary alicyclic amines) is 1. The summed E-state index contributed by atoms with van der Waals surface area (Å²) >= 11 is 0. The van der Waals surface area contributed by atoms with Crippen LogP contribution in [0.3, 0.4) is 0 Å². The van der Waals surface area contributed by atoms with E-state index in [1.807, 2.05) is 20.8 Å². The molecule has 17 heavy (non-hydrogen) atoms. The molecule has 4 heteroatoms. The Balaban J connectivity index is 1.98. The van der Waals surface area contributed by atoms with E-state index in [-0.39, 0.29) is 17.6 Å². The highest BCUT2D eigenvalue weighted by molar-refractivity contribution is 5.68. The molecule has 1 unspecified atom stereocenters. The van der Waals surface area contributed by atoms with Crippen LogP contribution in [0.15, 0.2) is 0 Å². The van der Waals surface area contributed by atoms with Gasteiger partial charge in [-0.05, 0) is 44.9 Å². The summed E-state index contributed by atoms with van der Waals surface area (Å²) in [6.45, 7) is 9.25. The van der Waals surface area contributed by atoms with Crippen molar-refractivity contribution < 1.29 is 14.6 Å². The first kappa shape index (κ1) is 12.7. The smallest absolute Gasteiger partial charge is 0.410 e. The first-order chi connectivity index (χ1) is 7.70. The third kappa shape index (κ3) is 2.57. The third-order valence-corrected chi connectivity index (χ3v) is 3.89. The number of nitrogens with zero attached hydrogens (tertiary/aromatic N) is 1. The van der Waals surface area contributed by atoms with Crippen molar-refractivity contribution in [3.63, 3.8) is 0 Å². The monoisotopic (exact) mass is 241 g/mol. The van der Waals surface area contributed by atoms with Gasteiger partial charge in [0.2, 0.25) is 0 Å². The molecule has 3 atom stereocenters. The number of carbonyl (C=O) groups is 1. The minimum atomic E-state index is -0.435. The van der Waals surface area contributed by atoms with Crippen molar-refractivity contribution in [1.82, 2.24) is 4.90 Å². The van der Waals surface area contributed by atoms with E-state index in [2.05, 4.69) is 6.92 Å². The zero-order valence-corrected chi connectivity index (χ0v) is 11.2. The quantitative estimate of drug-likeness (QED) is 0.706. The average Bonchev–Trinajstić information content (AvgIpc) is 2.51. The van der Waals surface area contributed by atoms with Gasteiger partial charge in [0.25, 0.3) is 0 Å². The SMILES string of the molecule is CC(C)(C)OC(=O)N1C[C@H]2CC(O)C[C@@]2(C)C1. The van der Waals surface area contributed by atoms with Gasteiger partial charge in [-0.2, -0.15) is 0 Å². The molecule has 1 aliphatic carbocycles. The van der Waals surface area contributed by atoms with Gasteiger partial charge in [-0.1, -0.05) is 6.92 Å². The van der Waals surface area contributed by atoms with Crippen LogP contribution in [0.2, 0.25) is 0 Å². The molecule has 2 aliphatic rings. The van der Waals surface area contributed by atoms with Crippen molar-refractivity contribution >= 4 is 6.09 Å². The van der Waals surface area contributed by atoms with Crippen LogP contribution in [0.25, 0.3) is 0 Å². The molecule has 0 aromatic rings. The first-order valence-electron chi connectivity index (χ1n) is 6.36. The highest BCUT2D eigenvalue weighted by Crippen LogP contribution is 2.48. The topological polar surface area (TPSA) is 49.8 Å². The number of amides is 1. The predicted octanol–water partition coefficient (Wildman–Crippen LogP) is 2.01. The van der Waals surface area contributed by atoms with Crippen LogP contribution in [0.5, 0.6) is 0 Å². The Kier molecular flexibility index (Phi) is 2.89. The van der Waals surface area contributed by atoms with E-state index >= 15 is 0 Å². The minimum Gasteiger partial charge on any atom is -0.444 e. The summed E-state index contributed by atoms with van der Waals surface area (Å²) in [4.78, 5) is 13.8. The second-order valence-electron chi connectivity index (χ2n) is 6.81. The Morgan fingerprint density at radius 1 is 1.47 bits per heavy atom. The summed E-state index contributed by atoms with van der Waals surface area (Å²) in [6.07, 6.45) is 1.21. The molecule has 1 amide bonds. The number of carbonyl (C=O) groups excluding carboxylic acids is 1. The van der Waals surface area contributed by atoms with Crippen LogP contribution in [0.1, 0.15) is 40.5 Å². The van der Waals surface area contributed by atoms with E-state index in [0.717, 1.165) is 19.4 Å². The molecule has 1 heterocycles. The molecular formula is C13H23NO3. The summed E-state index contributed by atoms with van der Waals surface area (Å²) < 4.78 is 5.38. The second kappa shape index (κ2) is 3.87. The maximum absolute atomic E-state index is 12.0. The van der Waals surface area contributed by atoms with Crippen LogP contribution < -0.4 is 0 Å². The summed E-state index contributed by atoms with van der Waals surface area (Å²) in [5.41, 5.74) is -0.356. The highest BCUT2D eigenvalue weighted by atomic mass is 16.6. The third-order valence-electron chi connectivity index (χ3n) is 3.89.